The number of aromatic nitrogens is 2. The molecule has 0 spiro atoms. The molecule has 10 heteroatoms. The number of likely N-dealkylation sites (tertiary alicyclic amines) is 1. The van der Waals surface area contributed by atoms with Gasteiger partial charge in [-0.25, -0.2) is 4.98 Å². The summed E-state index contributed by atoms with van der Waals surface area (Å²) in [7, 11) is 1.41. The van der Waals surface area contributed by atoms with E-state index in [-0.39, 0.29) is 36.5 Å². The molecule has 1 saturated heterocycles. The van der Waals surface area contributed by atoms with Crippen LogP contribution in [0.4, 0.5) is 13.2 Å². The van der Waals surface area contributed by atoms with Gasteiger partial charge >= 0.3 is 6.18 Å². The number of hydrogen-bond donors (Lipinski definition) is 2. The average molecular weight is 475 g/mol. The number of aryl methyl sites for hydroxylation is 1. The van der Waals surface area contributed by atoms with Gasteiger partial charge in [-0.15, -0.1) is 24.0 Å². The van der Waals surface area contributed by atoms with Crippen LogP contribution in [0.5, 0.6) is 0 Å². The van der Waals surface area contributed by atoms with E-state index in [9.17, 15) is 18.3 Å². The van der Waals surface area contributed by atoms with Gasteiger partial charge in [0.25, 0.3) is 0 Å². The molecule has 1 atom stereocenters. The highest BCUT2D eigenvalue weighted by Crippen LogP contribution is 2.40. The highest BCUT2D eigenvalue weighted by atomic mass is 127. The topological polar surface area (TPSA) is 79.7 Å². The van der Waals surface area contributed by atoms with Gasteiger partial charge in [0.05, 0.1) is 0 Å². The Balaban J connectivity index is 0.00000312. The summed E-state index contributed by atoms with van der Waals surface area (Å²) in [6.07, 6.45) is 1.34. The smallest absolute Gasteiger partial charge is 0.374 e. The molecule has 1 unspecified atom stereocenters. The highest BCUT2D eigenvalue weighted by Gasteiger charge is 2.57. The van der Waals surface area contributed by atoms with Crippen molar-refractivity contribution in [2.24, 2.45) is 17.8 Å². The van der Waals surface area contributed by atoms with E-state index in [1.54, 1.807) is 0 Å². The molecule has 1 aromatic heterocycles. The van der Waals surface area contributed by atoms with E-state index in [0.29, 0.717) is 0 Å². The maximum Gasteiger partial charge on any atom is 0.424 e. The largest absolute Gasteiger partial charge is 0.424 e. The third-order valence-corrected chi connectivity index (χ3v) is 4.34. The minimum Gasteiger partial charge on any atom is -0.374 e. The minimum absolute atomic E-state index is 0. The number of aliphatic hydroxyl groups is 1. The van der Waals surface area contributed by atoms with Gasteiger partial charge in [0.2, 0.25) is 5.60 Å². The van der Waals surface area contributed by atoms with E-state index >= 15 is 0 Å². The van der Waals surface area contributed by atoms with Gasteiger partial charge in [0.1, 0.15) is 5.82 Å². The molecule has 2 heterocycles. The molecule has 0 radical (unpaired) electrons. The number of alkyl halides is 3. The molecule has 1 aliphatic rings. The van der Waals surface area contributed by atoms with Crippen molar-refractivity contribution in [2.45, 2.75) is 43.9 Å². The number of nitrogens with two attached hydrogens (primary N) is 1. The lowest BCUT2D eigenvalue weighted by Crippen LogP contribution is -2.45. The Bertz CT molecular complexity index is 570. The predicted molar refractivity (Wildman–Crippen MR) is 99.7 cm³/mol. The minimum atomic E-state index is -4.85. The van der Waals surface area contributed by atoms with Gasteiger partial charge in [-0.3, -0.25) is 4.99 Å². The van der Waals surface area contributed by atoms with Gasteiger partial charge in [-0.1, -0.05) is 12.8 Å². The van der Waals surface area contributed by atoms with E-state index in [4.69, 9.17) is 5.73 Å². The number of hydrogen-bond acceptors (Lipinski definition) is 3. The van der Waals surface area contributed by atoms with Gasteiger partial charge in [-0.05, 0) is 12.8 Å². The fourth-order valence-electron chi connectivity index (χ4n) is 2.88. The SMILES string of the molecule is Cn1ccnc1C(O)(CCN=C(N)N1CCCCCC1)C(F)(F)F.I. The van der Waals surface area contributed by atoms with E-state index < -0.39 is 24.0 Å². The fraction of sp³-hybridized carbons (Fsp3) is 0.733. The Morgan fingerprint density at radius 2 is 1.88 bits per heavy atom. The van der Waals surface area contributed by atoms with Crippen LogP contribution in [0.3, 0.4) is 0 Å². The molecule has 1 fully saturated rings. The molecule has 0 amide bonds. The summed E-state index contributed by atoms with van der Waals surface area (Å²) in [5.41, 5.74) is 2.85. The zero-order valence-corrected chi connectivity index (χ0v) is 16.5. The molecule has 0 aliphatic carbocycles. The lowest BCUT2D eigenvalue weighted by molar-refractivity contribution is -0.272. The second kappa shape index (κ2) is 9.06. The Labute approximate surface area is 162 Å². The van der Waals surface area contributed by atoms with Crippen molar-refractivity contribution >= 4 is 29.9 Å². The van der Waals surface area contributed by atoms with Crippen molar-refractivity contribution in [3.8, 4) is 0 Å². The number of halogens is 4. The molecule has 0 aromatic carbocycles. The van der Waals surface area contributed by atoms with Crippen LogP contribution in [0, 0.1) is 0 Å². The first kappa shape index (κ1) is 22.0. The number of nitrogens with zero attached hydrogens (tertiary/aromatic N) is 4. The van der Waals surface area contributed by atoms with Gasteiger partial charge in [0, 0.05) is 45.5 Å². The van der Waals surface area contributed by atoms with E-state index in [0.717, 1.165) is 43.3 Å². The van der Waals surface area contributed by atoms with E-state index in [1.807, 2.05) is 4.90 Å². The fourth-order valence-corrected chi connectivity index (χ4v) is 2.88. The monoisotopic (exact) mass is 475 g/mol. The third kappa shape index (κ3) is 5.22. The van der Waals surface area contributed by atoms with Crippen LogP contribution in [-0.2, 0) is 12.6 Å². The van der Waals surface area contributed by atoms with Crippen LogP contribution < -0.4 is 5.73 Å². The first-order valence-corrected chi connectivity index (χ1v) is 8.07. The zero-order valence-electron chi connectivity index (χ0n) is 14.2. The summed E-state index contributed by atoms with van der Waals surface area (Å²) in [6.45, 7) is 1.29. The maximum atomic E-state index is 13.4. The molecular formula is C15H25F3IN5O. The summed E-state index contributed by atoms with van der Waals surface area (Å²) in [6, 6.07) is 0. The van der Waals surface area contributed by atoms with Crippen LogP contribution >= 0.6 is 24.0 Å². The lowest BCUT2D eigenvalue weighted by Gasteiger charge is -2.29. The van der Waals surface area contributed by atoms with Crippen LogP contribution in [-0.4, -0.2) is 51.3 Å². The molecule has 6 nitrogen and oxygen atoms in total. The Morgan fingerprint density at radius 3 is 2.36 bits per heavy atom. The molecule has 3 N–H and O–H groups in total. The molecular weight excluding hydrogens is 450 g/mol. The van der Waals surface area contributed by atoms with Crippen molar-refractivity contribution in [1.29, 1.82) is 0 Å². The van der Waals surface area contributed by atoms with Crippen molar-refractivity contribution in [2.75, 3.05) is 19.6 Å². The normalized spacial score (nSPS) is 19.1. The molecule has 0 saturated carbocycles. The number of imidazole rings is 1. The van der Waals surface area contributed by atoms with Crippen LogP contribution in [0.1, 0.15) is 37.9 Å². The maximum absolute atomic E-state index is 13.4. The number of rotatable bonds is 4. The molecule has 1 aliphatic heterocycles. The Morgan fingerprint density at radius 1 is 1.28 bits per heavy atom. The Kier molecular flexibility index (Phi) is 7.97. The van der Waals surface area contributed by atoms with Crippen LogP contribution in [0.25, 0.3) is 0 Å². The van der Waals surface area contributed by atoms with Crippen LogP contribution in [0.2, 0.25) is 0 Å². The third-order valence-electron chi connectivity index (χ3n) is 4.34. The lowest BCUT2D eigenvalue weighted by atomic mass is 9.98. The summed E-state index contributed by atoms with van der Waals surface area (Å²) < 4.78 is 41.3. The second-order valence-corrected chi connectivity index (χ2v) is 6.11. The van der Waals surface area contributed by atoms with Gasteiger partial charge in [-0.2, -0.15) is 13.2 Å². The first-order valence-electron chi connectivity index (χ1n) is 8.07. The molecule has 1 aromatic rings. The van der Waals surface area contributed by atoms with E-state index in [2.05, 4.69) is 9.98 Å². The van der Waals surface area contributed by atoms with Crippen molar-refractivity contribution < 1.29 is 18.3 Å². The predicted octanol–water partition coefficient (Wildman–Crippen LogP) is 2.37. The first-order chi connectivity index (χ1) is 11.3. The van der Waals surface area contributed by atoms with E-state index in [1.165, 1.54) is 19.4 Å². The van der Waals surface area contributed by atoms with Crippen molar-refractivity contribution in [3.05, 3.63) is 18.2 Å². The Hall–Kier alpha value is -1.04. The molecule has 144 valence electrons. The summed E-state index contributed by atoms with van der Waals surface area (Å²) >= 11 is 0. The number of guanidine groups is 1. The van der Waals surface area contributed by atoms with Gasteiger partial charge < -0.3 is 20.3 Å². The molecule has 0 bridgehead atoms. The standard InChI is InChI=1S/C15H24F3N5O.HI/c1-22-11-8-20-12(22)14(24,15(16,17)18)6-7-21-13(19)23-9-4-2-3-5-10-23;/h8,11,24H,2-7,9-10H2,1H3,(H2,19,21);1H. The van der Waals surface area contributed by atoms with Gasteiger partial charge in [0.15, 0.2) is 5.96 Å². The second-order valence-electron chi connectivity index (χ2n) is 6.11. The molecule has 25 heavy (non-hydrogen) atoms. The quantitative estimate of drug-likeness (QED) is 0.398. The summed E-state index contributed by atoms with van der Waals surface area (Å²) in [4.78, 5) is 9.60. The van der Waals surface area contributed by atoms with Crippen LogP contribution in [0.15, 0.2) is 17.4 Å². The average Bonchev–Trinajstić information content (AvgIpc) is 2.77. The summed E-state index contributed by atoms with van der Waals surface area (Å²) in [5, 5.41) is 10.2. The van der Waals surface area contributed by atoms with Crippen molar-refractivity contribution in [3.63, 3.8) is 0 Å². The number of aliphatic imine (C=N–C) groups is 1. The van der Waals surface area contributed by atoms with Crippen molar-refractivity contribution in [1.82, 2.24) is 14.5 Å². The molecule has 2 rings (SSSR count). The zero-order chi connectivity index (χ0) is 17.8. The highest BCUT2D eigenvalue weighted by molar-refractivity contribution is 14.0. The summed E-state index contributed by atoms with van der Waals surface area (Å²) in [5.74, 6) is -0.209.